The zero-order chi connectivity index (χ0) is 13.1. The molecule has 0 aliphatic heterocycles. The van der Waals surface area contributed by atoms with Crippen LogP contribution in [0.15, 0.2) is 29.2 Å². The smallest absolute Gasteiger partial charge is 0.120 e. The highest BCUT2D eigenvalue weighted by molar-refractivity contribution is 7.80. The van der Waals surface area contributed by atoms with Crippen LogP contribution in [0.5, 0.6) is 5.75 Å². The Hall–Kier alpha value is -0.630. The summed E-state index contributed by atoms with van der Waals surface area (Å²) in [4.78, 5) is 0.962. The third kappa shape index (κ3) is 7.65. The number of benzene rings is 1. The minimum Gasteiger partial charge on any atom is -0.494 e. The second-order valence-corrected chi connectivity index (χ2v) is 5.34. The molecule has 0 saturated heterocycles. The zero-order valence-electron chi connectivity index (χ0n) is 11.5. The van der Waals surface area contributed by atoms with Gasteiger partial charge in [0.1, 0.15) is 5.75 Å². The molecular weight excluding hydrogens is 240 g/mol. The van der Waals surface area contributed by atoms with Crippen LogP contribution in [0.3, 0.4) is 0 Å². The van der Waals surface area contributed by atoms with Crippen molar-refractivity contribution < 1.29 is 4.74 Å². The molecule has 0 unspecified atom stereocenters. The van der Waals surface area contributed by atoms with E-state index in [1.807, 2.05) is 24.3 Å². The third-order valence-corrected chi connectivity index (χ3v) is 3.36. The quantitative estimate of drug-likeness (QED) is 0.435. The average molecular weight is 266 g/mol. The summed E-state index contributed by atoms with van der Waals surface area (Å²) in [5.41, 5.74) is 0. The first-order valence-corrected chi connectivity index (χ1v) is 7.69. The van der Waals surface area contributed by atoms with Gasteiger partial charge in [0, 0.05) is 4.90 Å². The Morgan fingerprint density at radius 1 is 0.944 bits per heavy atom. The van der Waals surface area contributed by atoms with Crippen molar-refractivity contribution in [1.29, 1.82) is 0 Å². The molecule has 102 valence electrons. The van der Waals surface area contributed by atoms with Gasteiger partial charge in [-0.25, -0.2) is 0 Å². The molecule has 0 N–H and O–H groups in total. The number of thiol groups is 1. The maximum atomic E-state index is 5.68. The number of hydrogen-bond acceptors (Lipinski definition) is 2. The Kier molecular flexibility index (Phi) is 8.83. The minimum atomic E-state index is 0.826. The van der Waals surface area contributed by atoms with Crippen molar-refractivity contribution >= 4 is 12.6 Å². The van der Waals surface area contributed by atoms with E-state index in [-0.39, 0.29) is 0 Å². The van der Waals surface area contributed by atoms with E-state index in [4.69, 9.17) is 4.74 Å². The molecule has 0 aromatic heterocycles. The van der Waals surface area contributed by atoms with Crippen molar-refractivity contribution in [3.8, 4) is 5.75 Å². The lowest BCUT2D eigenvalue weighted by Crippen LogP contribution is -1.97. The van der Waals surface area contributed by atoms with E-state index in [0.29, 0.717) is 0 Å². The first-order chi connectivity index (χ1) is 8.83. The summed E-state index contributed by atoms with van der Waals surface area (Å²) in [6, 6.07) is 7.90. The van der Waals surface area contributed by atoms with Gasteiger partial charge in [-0.2, -0.15) is 0 Å². The molecule has 0 fully saturated rings. The van der Waals surface area contributed by atoms with Crippen LogP contribution in [0.4, 0.5) is 0 Å². The van der Waals surface area contributed by atoms with Crippen LogP contribution >= 0.6 is 12.6 Å². The Bertz CT molecular complexity index is 312. The monoisotopic (exact) mass is 266 g/mol. The largest absolute Gasteiger partial charge is 0.494 e. The molecule has 1 aromatic rings. The topological polar surface area (TPSA) is 9.23 Å². The number of unbranched alkanes of at least 4 members (excludes halogenated alkanes) is 7. The molecule has 0 spiro atoms. The van der Waals surface area contributed by atoms with E-state index in [2.05, 4.69) is 19.6 Å². The van der Waals surface area contributed by atoms with Crippen LogP contribution in [-0.2, 0) is 0 Å². The van der Waals surface area contributed by atoms with Crippen LogP contribution in [0.2, 0.25) is 0 Å². The first kappa shape index (κ1) is 15.4. The van der Waals surface area contributed by atoms with Gasteiger partial charge < -0.3 is 4.74 Å². The summed E-state index contributed by atoms with van der Waals surface area (Å²) in [5, 5.41) is 0. The SMILES string of the molecule is CCCCCCCCCCOc1cccc(S)c1. The van der Waals surface area contributed by atoms with E-state index < -0.39 is 0 Å². The lowest BCUT2D eigenvalue weighted by atomic mass is 10.1. The number of hydrogen-bond donors (Lipinski definition) is 1. The van der Waals surface area contributed by atoms with Crippen molar-refractivity contribution in [3.63, 3.8) is 0 Å². The van der Waals surface area contributed by atoms with Gasteiger partial charge in [-0.3, -0.25) is 0 Å². The molecule has 0 aliphatic rings. The Morgan fingerprint density at radius 3 is 2.28 bits per heavy atom. The van der Waals surface area contributed by atoms with Crippen LogP contribution in [0, 0.1) is 0 Å². The molecule has 2 heteroatoms. The van der Waals surface area contributed by atoms with Crippen LogP contribution in [-0.4, -0.2) is 6.61 Å². The molecule has 0 atom stereocenters. The summed E-state index contributed by atoms with van der Waals surface area (Å²) in [7, 11) is 0. The number of rotatable bonds is 10. The average Bonchev–Trinajstić information content (AvgIpc) is 2.37. The van der Waals surface area contributed by atoms with Gasteiger partial charge in [-0.15, -0.1) is 12.6 Å². The van der Waals surface area contributed by atoms with E-state index >= 15 is 0 Å². The summed E-state index contributed by atoms with van der Waals surface area (Å²) >= 11 is 4.29. The van der Waals surface area contributed by atoms with Gasteiger partial charge in [0.05, 0.1) is 6.61 Å². The highest BCUT2D eigenvalue weighted by Gasteiger charge is 1.95. The summed E-state index contributed by atoms with van der Waals surface area (Å²) in [6.07, 6.45) is 10.7. The summed E-state index contributed by atoms with van der Waals surface area (Å²) in [6.45, 7) is 3.09. The standard InChI is InChI=1S/C16H26OS/c1-2-3-4-5-6-7-8-9-13-17-15-11-10-12-16(18)14-15/h10-12,14,18H,2-9,13H2,1H3. The first-order valence-electron chi connectivity index (χ1n) is 7.24. The molecule has 0 amide bonds. The third-order valence-electron chi connectivity index (χ3n) is 3.08. The van der Waals surface area contributed by atoms with Crippen molar-refractivity contribution in [3.05, 3.63) is 24.3 Å². The second-order valence-electron chi connectivity index (χ2n) is 4.82. The van der Waals surface area contributed by atoms with E-state index in [1.54, 1.807) is 0 Å². The molecule has 0 heterocycles. The highest BCUT2D eigenvalue weighted by Crippen LogP contribution is 2.16. The lowest BCUT2D eigenvalue weighted by Gasteiger charge is -2.06. The predicted molar refractivity (Wildman–Crippen MR) is 81.8 cm³/mol. The predicted octanol–water partition coefficient (Wildman–Crippen LogP) is 5.49. The van der Waals surface area contributed by atoms with Crippen molar-refractivity contribution in [2.45, 2.75) is 63.2 Å². The summed E-state index contributed by atoms with van der Waals surface area (Å²) < 4.78 is 5.68. The van der Waals surface area contributed by atoms with E-state index in [0.717, 1.165) is 23.7 Å². The summed E-state index contributed by atoms with van der Waals surface area (Å²) in [5.74, 6) is 0.936. The van der Waals surface area contributed by atoms with E-state index in [1.165, 1.54) is 44.9 Å². The fraction of sp³-hybridized carbons (Fsp3) is 0.625. The fourth-order valence-corrected chi connectivity index (χ4v) is 2.21. The lowest BCUT2D eigenvalue weighted by molar-refractivity contribution is 0.303. The maximum Gasteiger partial charge on any atom is 0.120 e. The van der Waals surface area contributed by atoms with E-state index in [9.17, 15) is 0 Å². The van der Waals surface area contributed by atoms with Crippen LogP contribution in [0.1, 0.15) is 58.3 Å². The molecule has 1 nitrogen and oxygen atoms in total. The van der Waals surface area contributed by atoms with Crippen LogP contribution in [0.25, 0.3) is 0 Å². The molecule has 18 heavy (non-hydrogen) atoms. The Balaban J connectivity index is 1.92. The molecule has 0 aliphatic carbocycles. The normalized spacial score (nSPS) is 10.6. The van der Waals surface area contributed by atoms with Gasteiger partial charge in [-0.05, 0) is 24.6 Å². The van der Waals surface area contributed by atoms with Crippen molar-refractivity contribution in [2.24, 2.45) is 0 Å². The van der Waals surface area contributed by atoms with Gasteiger partial charge in [0.15, 0.2) is 0 Å². The number of ether oxygens (including phenoxy) is 1. The van der Waals surface area contributed by atoms with Crippen LogP contribution < -0.4 is 4.74 Å². The molecular formula is C16H26OS. The molecule has 0 bridgehead atoms. The van der Waals surface area contributed by atoms with Crippen molar-refractivity contribution in [1.82, 2.24) is 0 Å². The maximum absolute atomic E-state index is 5.68. The second kappa shape index (κ2) is 10.3. The molecule has 1 rings (SSSR count). The minimum absolute atomic E-state index is 0.826. The Morgan fingerprint density at radius 2 is 1.61 bits per heavy atom. The Labute approximate surface area is 117 Å². The molecule has 0 saturated carbocycles. The van der Waals surface area contributed by atoms with Gasteiger partial charge >= 0.3 is 0 Å². The fourth-order valence-electron chi connectivity index (χ4n) is 2.00. The van der Waals surface area contributed by atoms with Gasteiger partial charge in [0.25, 0.3) is 0 Å². The molecule has 1 aromatic carbocycles. The zero-order valence-corrected chi connectivity index (χ0v) is 12.4. The highest BCUT2D eigenvalue weighted by atomic mass is 32.1. The van der Waals surface area contributed by atoms with Gasteiger partial charge in [0.2, 0.25) is 0 Å². The molecule has 0 radical (unpaired) electrons. The van der Waals surface area contributed by atoms with Gasteiger partial charge in [-0.1, -0.05) is 57.9 Å². The van der Waals surface area contributed by atoms with Crippen molar-refractivity contribution in [2.75, 3.05) is 6.61 Å².